The van der Waals surface area contributed by atoms with Crippen LogP contribution in [0.4, 0.5) is 0 Å². The molecule has 0 spiro atoms. The van der Waals surface area contributed by atoms with Crippen LogP contribution < -0.4 is 0 Å². The van der Waals surface area contributed by atoms with Gasteiger partial charge in [-0.2, -0.15) is 0 Å². The molecule has 2 rings (SSSR count). The minimum atomic E-state index is -0.867. The van der Waals surface area contributed by atoms with Gasteiger partial charge < -0.3 is 5.11 Å². The first-order chi connectivity index (χ1) is 9.97. The second kappa shape index (κ2) is 6.72. The van der Waals surface area contributed by atoms with E-state index in [1.165, 1.54) is 11.8 Å². The molecule has 0 aliphatic carbocycles. The van der Waals surface area contributed by atoms with Crippen LogP contribution in [0.15, 0.2) is 41.4 Å². The molecule has 1 heterocycles. The number of carboxylic acid groups (broad SMARTS) is 1. The highest BCUT2D eigenvalue weighted by atomic mass is 32.2. The van der Waals surface area contributed by atoms with E-state index in [-0.39, 0.29) is 5.92 Å². The largest absolute Gasteiger partial charge is 0.480 e. The van der Waals surface area contributed by atoms with Crippen LogP contribution in [0.25, 0.3) is 0 Å². The number of hydrogen-bond donors (Lipinski definition) is 1. The van der Waals surface area contributed by atoms with Gasteiger partial charge in [0.1, 0.15) is 16.1 Å². The smallest absolute Gasteiger partial charge is 0.321 e. The van der Waals surface area contributed by atoms with Gasteiger partial charge in [-0.05, 0) is 18.6 Å². The number of carbonyl (C=O) groups is 1. The van der Waals surface area contributed by atoms with Gasteiger partial charge in [-0.3, -0.25) is 4.79 Å². The number of carboxylic acids is 1. The van der Waals surface area contributed by atoms with Crippen LogP contribution in [-0.4, -0.2) is 21.0 Å². The van der Waals surface area contributed by atoms with Crippen molar-refractivity contribution >= 4 is 17.7 Å². The highest BCUT2D eigenvalue weighted by Gasteiger charge is 2.22. The van der Waals surface area contributed by atoms with Crippen molar-refractivity contribution in [1.29, 1.82) is 0 Å². The summed E-state index contributed by atoms with van der Waals surface area (Å²) in [5, 5.41) is 9.50. The summed E-state index contributed by atoms with van der Waals surface area (Å²) in [6, 6.07) is 11.0. The Morgan fingerprint density at radius 2 is 1.86 bits per heavy atom. The van der Waals surface area contributed by atoms with Gasteiger partial charge >= 0.3 is 5.97 Å². The lowest BCUT2D eigenvalue weighted by molar-refractivity contribution is -0.136. The van der Waals surface area contributed by atoms with Crippen molar-refractivity contribution in [3.63, 3.8) is 0 Å². The van der Waals surface area contributed by atoms with Crippen LogP contribution in [-0.2, 0) is 4.79 Å². The highest BCUT2D eigenvalue weighted by Crippen LogP contribution is 2.35. The van der Waals surface area contributed by atoms with Crippen molar-refractivity contribution in [1.82, 2.24) is 9.97 Å². The second-order valence-electron chi connectivity index (χ2n) is 5.11. The van der Waals surface area contributed by atoms with Gasteiger partial charge in [-0.25, -0.2) is 9.97 Å². The molecular formula is C16H18N2O2S. The molecule has 0 aliphatic rings. The zero-order valence-corrected chi connectivity index (χ0v) is 13.1. The molecule has 4 nitrogen and oxygen atoms in total. The summed E-state index contributed by atoms with van der Waals surface area (Å²) in [4.78, 5) is 20.4. The molecule has 1 atom stereocenters. The zero-order chi connectivity index (χ0) is 15.4. The van der Waals surface area contributed by atoms with E-state index in [0.29, 0.717) is 5.03 Å². The van der Waals surface area contributed by atoms with Gasteiger partial charge in [0, 0.05) is 11.6 Å². The van der Waals surface area contributed by atoms with Gasteiger partial charge in [0.15, 0.2) is 0 Å². The molecule has 0 radical (unpaired) electrons. The second-order valence-corrected chi connectivity index (χ2v) is 6.23. The Kier molecular flexibility index (Phi) is 4.96. The molecule has 0 saturated carbocycles. The summed E-state index contributed by atoms with van der Waals surface area (Å²) < 4.78 is 0. The fourth-order valence-corrected chi connectivity index (χ4v) is 2.91. The molecule has 1 aromatic heterocycles. The predicted octanol–water partition coefficient (Wildman–Crippen LogP) is 3.83. The molecule has 1 unspecified atom stereocenters. The van der Waals surface area contributed by atoms with Crippen LogP contribution in [0.1, 0.15) is 42.1 Å². The summed E-state index contributed by atoms with van der Waals surface area (Å²) in [6.45, 7) is 5.94. The van der Waals surface area contributed by atoms with E-state index in [0.717, 1.165) is 17.1 Å². The summed E-state index contributed by atoms with van der Waals surface area (Å²) in [5.41, 5.74) is 1.62. The number of thioether (sulfide) groups is 1. The average molecular weight is 302 g/mol. The third-order valence-corrected chi connectivity index (χ3v) is 4.09. The number of rotatable bonds is 5. The molecule has 0 fully saturated rings. The number of benzene rings is 1. The fourth-order valence-electron chi connectivity index (χ4n) is 1.89. The molecule has 0 saturated heterocycles. The van der Waals surface area contributed by atoms with E-state index in [4.69, 9.17) is 0 Å². The fraction of sp³-hybridized carbons (Fsp3) is 0.312. The maximum atomic E-state index is 11.5. The summed E-state index contributed by atoms with van der Waals surface area (Å²) >= 11 is 1.24. The Hall–Kier alpha value is -1.88. The number of aromatic nitrogens is 2. The van der Waals surface area contributed by atoms with Gasteiger partial charge in [0.2, 0.25) is 0 Å². The lowest BCUT2D eigenvalue weighted by atomic mass is 10.1. The molecule has 5 heteroatoms. The van der Waals surface area contributed by atoms with Crippen LogP contribution in [0.2, 0.25) is 0 Å². The molecule has 1 N–H and O–H groups in total. The van der Waals surface area contributed by atoms with E-state index in [2.05, 4.69) is 9.97 Å². The van der Waals surface area contributed by atoms with Crippen molar-refractivity contribution in [3.8, 4) is 0 Å². The Bertz CT molecular complexity index is 629. The normalized spacial score (nSPS) is 12.4. The van der Waals surface area contributed by atoms with Gasteiger partial charge in [-0.15, -0.1) is 0 Å². The third kappa shape index (κ3) is 4.04. The van der Waals surface area contributed by atoms with E-state index in [1.54, 1.807) is 0 Å². The lowest BCUT2D eigenvalue weighted by Gasteiger charge is -2.13. The van der Waals surface area contributed by atoms with Crippen molar-refractivity contribution < 1.29 is 9.90 Å². The van der Waals surface area contributed by atoms with Crippen LogP contribution in [0, 0.1) is 6.92 Å². The van der Waals surface area contributed by atoms with E-state index >= 15 is 0 Å². The minimum Gasteiger partial charge on any atom is -0.480 e. The monoisotopic (exact) mass is 302 g/mol. The maximum absolute atomic E-state index is 11.5. The first-order valence-electron chi connectivity index (χ1n) is 6.77. The molecule has 0 amide bonds. The Morgan fingerprint density at radius 1 is 1.19 bits per heavy atom. The minimum absolute atomic E-state index is 0.212. The molecule has 21 heavy (non-hydrogen) atoms. The Labute approximate surface area is 128 Å². The first kappa shape index (κ1) is 15.5. The third-order valence-electron chi connectivity index (χ3n) is 2.93. The topological polar surface area (TPSA) is 63.1 Å². The Balaban J connectivity index is 2.32. The van der Waals surface area contributed by atoms with Crippen molar-refractivity contribution in [2.45, 2.75) is 37.0 Å². The lowest BCUT2D eigenvalue weighted by Crippen LogP contribution is -2.09. The molecule has 0 bridgehead atoms. The predicted molar refractivity (Wildman–Crippen MR) is 83.5 cm³/mol. The number of aryl methyl sites for hydroxylation is 1. The molecule has 0 aliphatic heterocycles. The van der Waals surface area contributed by atoms with Crippen LogP contribution >= 0.6 is 11.8 Å². The average Bonchev–Trinajstić information content (AvgIpc) is 2.44. The highest BCUT2D eigenvalue weighted by molar-refractivity contribution is 8.00. The Morgan fingerprint density at radius 3 is 2.43 bits per heavy atom. The van der Waals surface area contributed by atoms with Gasteiger partial charge in [0.25, 0.3) is 0 Å². The maximum Gasteiger partial charge on any atom is 0.321 e. The molecular weight excluding hydrogens is 284 g/mol. The van der Waals surface area contributed by atoms with Crippen molar-refractivity contribution in [2.75, 3.05) is 0 Å². The SMILES string of the molecule is Cc1cc(SC(C(=O)O)c2ccccc2)nc(C(C)C)n1. The summed E-state index contributed by atoms with van der Waals surface area (Å²) in [5.74, 6) is 0.0903. The van der Waals surface area contributed by atoms with E-state index in [9.17, 15) is 9.90 Å². The number of nitrogens with zero attached hydrogens (tertiary/aromatic N) is 2. The molecule has 2 aromatic rings. The standard InChI is InChI=1S/C16H18N2O2S/c1-10(2)15-17-11(3)9-13(18-15)21-14(16(19)20)12-7-5-4-6-8-12/h4-10,14H,1-3H3,(H,19,20). The number of hydrogen-bond acceptors (Lipinski definition) is 4. The quantitative estimate of drug-likeness (QED) is 0.672. The summed E-state index contributed by atoms with van der Waals surface area (Å²) in [7, 11) is 0. The van der Waals surface area contributed by atoms with Crippen LogP contribution in [0.5, 0.6) is 0 Å². The molecule has 110 valence electrons. The van der Waals surface area contributed by atoms with Crippen molar-refractivity contribution in [2.24, 2.45) is 0 Å². The number of aliphatic carboxylic acids is 1. The van der Waals surface area contributed by atoms with Crippen molar-refractivity contribution in [3.05, 3.63) is 53.5 Å². The van der Waals surface area contributed by atoms with E-state index < -0.39 is 11.2 Å². The van der Waals surface area contributed by atoms with Crippen LogP contribution in [0.3, 0.4) is 0 Å². The van der Waals surface area contributed by atoms with E-state index in [1.807, 2.05) is 57.2 Å². The van der Waals surface area contributed by atoms with Gasteiger partial charge in [-0.1, -0.05) is 55.9 Å². The zero-order valence-electron chi connectivity index (χ0n) is 12.3. The van der Waals surface area contributed by atoms with Gasteiger partial charge in [0.05, 0.1) is 0 Å². The summed E-state index contributed by atoms with van der Waals surface area (Å²) in [6.07, 6.45) is 0. The molecule has 1 aromatic carbocycles. The first-order valence-corrected chi connectivity index (χ1v) is 7.65.